The molecule has 2 heterocycles. The Bertz CT molecular complexity index is 1230. The Labute approximate surface area is 185 Å². The van der Waals surface area contributed by atoms with Gasteiger partial charge in [-0.3, -0.25) is 9.97 Å². The number of aromatic nitrogens is 2. The average molecular weight is 432 g/mol. The SMILES string of the molecule is COc1ccc2c(c1)S[C@@H](c1cccc(F)c1)CCN2Cc1cccc2nccnc12. The van der Waals surface area contributed by atoms with Crippen molar-refractivity contribution in [2.45, 2.75) is 23.1 Å². The fourth-order valence-corrected chi connectivity index (χ4v) is 5.39. The zero-order valence-corrected chi connectivity index (χ0v) is 18.0. The van der Waals surface area contributed by atoms with Crippen LogP contribution in [0.1, 0.15) is 22.8 Å². The van der Waals surface area contributed by atoms with Crippen molar-refractivity contribution >= 4 is 28.5 Å². The van der Waals surface area contributed by atoms with E-state index in [1.54, 1.807) is 43.4 Å². The molecule has 31 heavy (non-hydrogen) atoms. The Balaban J connectivity index is 1.53. The summed E-state index contributed by atoms with van der Waals surface area (Å²) in [4.78, 5) is 12.5. The van der Waals surface area contributed by atoms with Crippen LogP contribution >= 0.6 is 11.8 Å². The van der Waals surface area contributed by atoms with E-state index in [-0.39, 0.29) is 11.1 Å². The van der Waals surface area contributed by atoms with Crippen molar-refractivity contribution in [2.75, 3.05) is 18.6 Å². The number of ether oxygens (including phenoxy) is 1. The number of hydrogen-bond acceptors (Lipinski definition) is 5. The first-order valence-corrected chi connectivity index (χ1v) is 11.1. The smallest absolute Gasteiger partial charge is 0.123 e. The fourth-order valence-electron chi connectivity index (χ4n) is 4.07. The van der Waals surface area contributed by atoms with E-state index < -0.39 is 0 Å². The summed E-state index contributed by atoms with van der Waals surface area (Å²) in [7, 11) is 1.68. The predicted octanol–water partition coefficient (Wildman–Crippen LogP) is 6.02. The van der Waals surface area contributed by atoms with E-state index in [1.165, 1.54) is 6.07 Å². The molecule has 3 aromatic carbocycles. The number of nitrogens with zero attached hydrogens (tertiary/aromatic N) is 3. The van der Waals surface area contributed by atoms with Crippen molar-refractivity contribution in [3.05, 3.63) is 90.0 Å². The van der Waals surface area contributed by atoms with Gasteiger partial charge in [0, 0.05) is 35.6 Å². The third kappa shape index (κ3) is 4.08. The highest BCUT2D eigenvalue weighted by Crippen LogP contribution is 2.46. The molecular formula is C25H22FN3OS. The number of hydrogen-bond donors (Lipinski definition) is 0. The molecule has 156 valence electrons. The van der Waals surface area contributed by atoms with Crippen molar-refractivity contribution in [2.24, 2.45) is 0 Å². The van der Waals surface area contributed by atoms with E-state index in [2.05, 4.69) is 33.1 Å². The second kappa shape index (κ2) is 8.55. The molecule has 4 aromatic rings. The molecule has 0 saturated carbocycles. The number of methoxy groups -OCH3 is 1. The molecular weight excluding hydrogens is 409 g/mol. The molecule has 0 fully saturated rings. The minimum absolute atomic E-state index is 0.166. The molecule has 5 rings (SSSR count). The van der Waals surface area contributed by atoms with Crippen molar-refractivity contribution in [3.63, 3.8) is 0 Å². The number of halogens is 1. The quantitative estimate of drug-likeness (QED) is 0.395. The van der Waals surface area contributed by atoms with Crippen LogP contribution in [0.25, 0.3) is 11.0 Å². The minimum atomic E-state index is -0.195. The first kappa shape index (κ1) is 19.8. The Hall–Kier alpha value is -3.12. The van der Waals surface area contributed by atoms with Crippen LogP contribution in [0.3, 0.4) is 0 Å². The fraction of sp³-hybridized carbons (Fsp3) is 0.200. The summed E-state index contributed by atoms with van der Waals surface area (Å²) < 4.78 is 19.4. The number of rotatable bonds is 4. The van der Waals surface area contributed by atoms with Gasteiger partial charge in [-0.25, -0.2) is 4.39 Å². The highest BCUT2D eigenvalue weighted by Gasteiger charge is 2.25. The minimum Gasteiger partial charge on any atom is -0.497 e. The van der Waals surface area contributed by atoms with E-state index in [0.717, 1.165) is 58.0 Å². The first-order valence-electron chi connectivity index (χ1n) is 10.2. The number of benzene rings is 3. The van der Waals surface area contributed by atoms with Crippen LogP contribution in [0.5, 0.6) is 5.75 Å². The molecule has 0 unspecified atom stereocenters. The summed E-state index contributed by atoms with van der Waals surface area (Å²) in [5.74, 6) is 0.626. The lowest BCUT2D eigenvalue weighted by molar-refractivity contribution is 0.413. The normalized spacial score (nSPS) is 16.1. The molecule has 0 aliphatic carbocycles. The van der Waals surface area contributed by atoms with Gasteiger partial charge in [0.25, 0.3) is 0 Å². The molecule has 0 radical (unpaired) electrons. The zero-order valence-electron chi connectivity index (χ0n) is 17.2. The molecule has 6 heteroatoms. The van der Waals surface area contributed by atoms with Crippen molar-refractivity contribution in [3.8, 4) is 5.75 Å². The second-order valence-corrected chi connectivity index (χ2v) is 8.79. The lowest BCUT2D eigenvalue weighted by atomic mass is 10.1. The molecule has 0 amide bonds. The average Bonchev–Trinajstić information content (AvgIpc) is 2.98. The molecule has 1 aliphatic heterocycles. The Morgan fingerprint density at radius 3 is 2.81 bits per heavy atom. The van der Waals surface area contributed by atoms with E-state index in [1.807, 2.05) is 24.3 Å². The maximum Gasteiger partial charge on any atom is 0.123 e. The zero-order chi connectivity index (χ0) is 21.2. The van der Waals surface area contributed by atoms with Gasteiger partial charge in [0.1, 0.15) is 11.6 Å². The van der Waals surface area contributed by atoms with Gasteiger partial charge in [0.05, 0.1) is 23.8 Å². The third-order valence-corrected chi connectivity index (χ3v) is 6.98. The van der Waals surface area contributed by atoms with Crippen LogP contribution < -0.4 is 9.64 Å². The standard InChI is InChI=1S/C25H22FN3OS/c1-30-20-8-9-22-24(15-20)31-23(17-4-2-6-19(26)14-17)10-13-29(22)16-18-5-3-7-21-25(18)28-12-11-27-21/h2-9,11-12,14-15,23H,10,13,16H2,1H3/t23-/m1/s1. The lowest BCUT2D eigenvalue weighted by Crippen LogP contribution is -2.24. The van der Waals surface area contributed by atoms with Crippen LogP contribution in [0.15, 0.2) is 78.0 Å². The van der Waals surface area contributed by atoms with Crippen molar-refractivity contribution in [1.29, 1.82) is 0 Å². The van der Waals surface area contributed by atoms with Gasteiger partial charge in [0.15, 0.2) is 0 Å². The van der Waals surface area contributed by atoms with Gasteiger partial charge in [0.2, 0.25) is 0 Å². The topological polar surface area (TPSA) is 38.2 Å². The molecule has 0 N–H and O–H groups in total. The monoisotopic (exact) mass is 431 g/mol. The maximum atomic E-state index is 13.9. The summed E-state index contributed by atoms with van der Waals surface area (Å²) in [6, 6.07) is 19.3. The van der Waals surface area contributed by atoms with Gasteiger partial charge in [-0.15, -0.1) is 11.8 Å². The Kier molecular flexibility index (Phi) is 5.47. The first-order chi connectivity index (χ1) is 15.2. The highest BCUT2D eigenvalue weighted by molar-refractivity contribution is 7.99. The van der Waals surface area contributed by atoms with Crippen molar-refractivity contribution < 1.29 is 9.13 Å². The number of thioether (sulfide) groups is 1. The summed E-state index contributed by atoms with van der Waals surface area (Å²) in [5, 5.41) is 0.166. The molecule has 0 spiro atoms. The summed E-state index contributed by atoms with van der Waals surface area (Å²) in [6.45, 7) is 1.58. The number of anilines is 1. The number of para-hydroxylation sites is 1. The van der Waals surface area contributed by atoms with Crippen LogP contribution in [-0.2, 0) is 6.54 Å². The summed E-state index contributed by atoms with van der Waals surface area (Å²) in [6.07, 6.45) is 4.37. The van der Waals surface area contributed by atoms with E-state index in [9.17, 15) is 4.39 Å². The van der Waals surface area contributed by atoms with E-state index >= 15 is 0 Å². The lowest BCUT2D eigenvalue weighted by Gasteiger charge is -2.25. The molecule has 1 atom stereocenters. The second-order valence-electron chi connectivity index (χ2n) is 7.55. The molecule has 0 bridgehead atoms. The largest absolute Gasteiger partial charge is 0.497 e. The van der Waals surface area contributed by atoms with Crippen LogP contribution in [0.2, 0.25) is 0 Å². The van der Waals surface area contributed by atoms with Crippen LogP contribution in [-0.4, -0.2) is 23.6 Å². The molecule has 0 saturated heterocycles. The van der Waals surface area contributed by atoms with Gasteiger partial charge in [-0.2, -0.15) is 0 Å². The Morgan fingerprint density at radius 2 is 1.94 bits per heavy atom. The van der Waals surface area contributed by atoms with Gasteiger partial charge < -0.3 is 9.64 Å². The summed E-state index contributed by atoms with van der Waals surface area (Å²) >= 11 is 1.77. The Morgan fingerprint density at radius 1 is 1.06 bits per heavy atom. The number of fused-ring (bicyclic) bond motifs is 2. The van der Waals surface area contributed by atoms with E-state index in [0.29, 0.717) is 0 Å². The van der Waals surface area contributed by atoms with Gasteiger partial charge in [-0.05, 0) is 53.9 Å². The van der Waals surface area contributed by atoms with Crippen LogP contribution in [0.4, 0.5) is 10.1 Å². The van der Waals surface area contributed by atoms with E-state index in [4.69, 9.17) is 4.74 Å². The third-order valence-electron chi connectivity index (χ3n) is 5.60. The molecule has 4 nitrogen and oxygen atoms in total. The molecule has 1 aliphatic rings. The van der Waals surface area contributed by atoms with Crippen molar-refractivity contribution in [1.82, 2.24) is 9.97 Å². The van der Waals surface area contributed by atoms with Gasteiger partial charge in [-0.1, -0.05) is 24.3 Å². The van der Waals surface area contributed by atoms with Crippen LogP contribution in [0, 0.1) is 5.82 Å². The molecule has 1 aromatic heterocycles. The highest BCUT2D eigenvalue weighted by atomic mass is 32.2. The maximum absolute atomic E-state index is 13.9. The summed E-state index contributed by atoms with van der Waals surface area (Å²) in [5.41, 5.74) is 5.14. The predicted molar refractivity (Wildman–Crippen MR) is 123 cm³/mol. The van der Waals surface area contributed by atoms with Gasteiger partial charge >= 0.3 is 0 Å².